The SMILES string of the molecule is Nc1csc(NN=Cc2ccccc2Sc2ccc(Cl)cc2)n1. The molecule has 0 bridgehead atoms. The van der Waals surface area contributed by atoms with Crippen LogP contribution in [0.15, 0.2) is 68.8 Å². The Balaban J connectivity index is 1.73. The number of aromatic nitrogens is 1. The van der Waals surface area contributed by atoms with Crippen molar-refractivity contribution in [1.29, 1.82) is 0 Å². The summed E-state index contributed by atoms with van der Waals surface area (Å²) in [5.74, 6) is 0.492. The summed E-state index contributed by atoms with van der Waals surface area (Å²) >= 11 is 9.00. The molecule has 0 saturated carbocycles. The van der Waals surface area contributed by atoms with Gasteiger partial charge in [0.1, 0.15) is 5.82 Å². The Morgan fingerprint density at radius 1 is 1.17 bits per heavy atom. The second-order valence-corrected chi connectivity index (χ2v) is 6.95. The molecule has 4 nitrogen and oxygen atoms in total. The molecule has 1 aromatic heterocycles. The number of nitrogens with two attached hydrogens (primary N) is 1. The normalized spacial score (nSPS) is 11.0. The van der Waals surface area contributed by atoms with Crippen molar-refractivity contribution in [2.75, 3.05) is 11.2 Å². The predicted molar refractivity (Wildman–Crippen MR) is 99.8 cm³/mol. The van der Waals surface area contributed by atoms with Gasteiger partial charge in [-0.2, -0.15) is 5.10 Å². The lowest BCUT2D eigenvalue weighted by atomic mass is 10.2. The highest BCUT2D eigenvalue weighted by molar-refractivity contribution is 7.99. The third kappa shape index (κ3) is 4.48. The van der Waals surface area contributed by atoms with Crippen LogP contribution in [0.25, 0.3) is 0 Å². The number of benzene rings is 2. The Labute approximate surface area is 147 Å². The molecular formula is C16H13ClN4S2. The Kier molecular flexibility index (Phi) is 5.17. The van der Waals surface area contributed by atoms with Gasteiger partial charge in [-0.3, -0.25) is 5.43 Å². The number of hydrogen-bond donors (Lipinski definition) is 2. The molecule has 0 unspecified atom stereocenters. The summed E-state index contributed by atoms with van der Waals surface area (Å²) in [6.45, 7) is 0. The Hall–Kier alpha value is -2.02. The van der Waals surface area contributed by atoms with E-state index in [-0.39, 0.29) is 0 Å². The van der Waals surface area contributed by atoms with Crippen molar-refractivity contribution in [2.24, 2.45) is 5.10 Å². The Bertz CT molecular complexity index is 815. The first kappa shape index (κ1) is 15.9. The number of hydrazone groups is 1. The molecule has 0 atom stereocenters. The van der Waals surface area contributed by atoms with E-state index in [2.05, 4.69) is 21.6 Å². The Morgan fingerprint density at radius 2 is 1.96 bits per heavy atom. The number of nitrogen functional groups attached to an aromatic ring is 1. The average molecular weight is 361 g/mol. The van der Waals surface area contributed by atoms with Gasteiger partial charge in [0.05, 0.1) is 6.21 Å². The van der Waals surface area contributed by atoms with Crippen LogP contribution in [0.3, 0.4) is 0 Å². The Morgan fingerprint density at radius 3 is 2.70 bits per heavy atom. The fourth-order valence-electron chi connectivity index (χ4n) is 1.80. The van der Waals surface area contributed by atoms with E-state index in [0.717, 1.165) is 20.4 Å². The molecule has 0 aliphatic rings. The van der Waals surface area contributed by atoms with Crippen molar-refractivity contribution < 1.29 is 0 Å². The molecule has 0 aliphatic carbocycles. The molecule has 0 saturated heterocycles. The van der Waals surface area contributed by atoms with Gasteiger partial charge >= 0.3 is 0 Å². The van der Waals surface area contributed by atoms with Gasteiger partial charge in [-0.25, -0.2) is 4.98 Å². The fraction of sp³-hybridized carbons (Fsp3) is 0. The van der Waals surface area contributed by atoms with Gasteiger partial charge in [0, 0.05) is 25.8 Å². The number of rotatable bonds is 5. The van der Waals surface area contributed by atoms with Crippen molar-refractivity contribution in [3.05, 3.63) is 64.5 Å². The fourth-order valence-corrected chi connectivity index (χ4v) is 3.39. The number of halogens is 1. The number of anilines is 2. The van der Waals surface area contributed by atoms with Crippen LogP contribution < -0.4 is 11.2 Å². The molecule has 3 N–H and O–H groups in total. The molecule has 0 radical (unpaired) electrons. The molecular weight excluding hydrogens is 348 g/mol. The molecule has 0 spiro atoms. The summed E-state index contributed by atoms with van der Waals surface area (Å²) < 4.78 is 0. The highest BCUT2D eigenvalue weighted by Gasteiger charge is 2.03. The second-order valence-electron chi connectivity index (χ2n) is 4.54. The van der Waals surface area contributed by atoms with E-state index in [1.54, 1.807) is 23.4 Å². The monoisotopic (exact) mass is 360 g/mol. The molecule has 3 rings (SSSR count). The van der Waals surface area contributed by atoms with E-state index in [4.69, 9.17) is 17.3 Å². The quantitative estimate of drug-likeness (QED) is 0.497. The zero-order valence-electron chi connectivity index (χ0n) is 11.9. The second kappa shape index (κ2) is 7.50. The van der Waals surface area contributed by atoms with Crippen LogP contribution in [-0.2, 0) is 0 Å². The van der Waals surface area contributed by atoms with Crippen LogP contribution in [-0.4, -0.2) is 11.2 Å². The summed E-state index contributed by atoms with van der Waals surface area (Å²) in [4.78, 5) is 6.33. The summed E-state index contributed by atoms with van der Waals surface area (Å²) in [6, 6.07) is 15.8. The first-order valence-electron chi connectivity index (χ1n) is 6.73. The zero-order chi connectivity index (χ0) is 16.1. The maximum Gasteiger partial charge on any atom is 0.205 e. The summed E-state index contributed by atoms with van der Waals surface area (Å²) in [6.07, 6.45) is 1.77. The summed E-state index contributed by atoms with van der Waals surface area (Å²) in [5.41, 5.74) is 9.48. The van der Waals surface area contributed by atoms with E-state index < -0.39 is 0 Å². The maximum atomic E-state index is 5.92. The lowest BCUT2D eigenvalue weighted by Crippen LogP contribution is -1.92. The average Bonchev–Trinajstić information content (AvgIpc) is 2.97. The van der Waals surface area contributed by atoms with Crippen LogP contribution >= 0.6 is 34.7 Å². The smallest absolute Gasteiger partial charge is 0.205 e. The van der Waals surface area contributed by atoms with Crippen LogP contribution in [0, 0.1) is 0 Å². The molecule has 2 aromatic carbocycles. The summed E-state index contributed by atoms with van der Waals surface area (Å²) in [7, 11) is 0. The third-order valence-corrected chi connectivity index (χ3v) is 4.96. The number of nitrogens with zero attached hydrogens (tertiary/aromatic N) is 2. The standard InChI is InChI=1S/C16H13ClN4S2/c17-12-5-7-13(8-6-12)23-14-4-2-1-3-11(14)9-19-21-16-20-15(18)10-22-16/h1-10H,18H2,(H,20,21). The van der Waals surface area contributed by atoms with E-state index in [0.29, 0.717) is 10.9 Å². The molecule has 0 fully saturated rings. The molecule has 0 amide bonds. The van der Waals surface area contributed by atoms with Gasteiger partial charge in [0.25, 0.3) is 0 Å². The van der Waals surface area contributed by atoms with E-state index in [1.807, 2.05) is 42.5 Å². The number of nitrogens with one attached hydrogen (secondary N) is 1. The highest BCUT2D eigenvalue weighted by Crippen LogP contribution is 2.30. The predicted octanol–water partition coefficient (Wildman–Crippen LogP) is 4.98. The van der Waals surface area contributed by atoms with Gasteiger partial charge < -0.3 is 5.73 Å². The van der Waals surface area contributed by atoms with Gasteiger partial charge in [-0.1, -0.05) is 41.6 Å². The minimum absolute atomic E-state index is 0.492. The number of hydrogen-bond acceptors (Lipinski definition) is 6. The van der Waals surface area contributed by atoms with Gasteiger partial charge in [-0.05, 0) is 30.3 Å². The first-order valence-corrected chi connectivity index (χ1v) is 8.80. The lowest BCUT2D eigenvalue weighted by molar-refractivity contribution is 1.28. The zero-order valence-corrected chi connectivity index (χ0v) is 14.3. The number of thiazole rings is 1. The van der Waals surface area contributed by atoms with Crippen LogP contribution in [0.1, 0.15) is 5.56 Å². The van der Waals surface area contributed by atoms with Crippen molar-refractivity contribution in [3.63, 3.8) is 0 Å². The van der Waals surface area contributed by atoms with Crippen molar-refractivity contribution in [2.45, 2.75) is 9.79 Å². The first-order chi connectivity index (χ1) is 11.2. The van der Waals surface area contributed by atoms with E-state index in [9.17, 15) is 0 Å². The lowest BCUT2D eigenvalue weighted by Gasteiger charge is -2.05. The van der Waals surface area contributed by atoms with Crippen LogP contribution in [0.5, 0.6) is 0 Å². The summed E-state index contributed by atoms with van der Waals surface area (Å²) in [5, 5.41) is 7.39. The van der Waals surface area contributed by atoms with Gasteiger partial charge in [0.2, 0.25) is 5.13 Å². The molecule has 23 heavy (non-hydrogen) atoms. The minimum Gasteiger partial charge on any atom is -0.383 e. The van der Waals surface area contributed by atoms with Crippen LogP contribution in [0.4, 0.5) is 10.9 Å². The largest absolute Gasteiger partial charge is 0.383 e. The molecule has 7 heteroatoms. The molecule has 0 aliphatic heterocycles. The van der Waals surface area contributed by atoms with Crippen LogP contribution in [0.2, 0.25) is 5.02 Å². The molecule has 1 heterocycles. The van der Waals surface area contributed by atoms with Gasteiger partial charge in [-0.15, -0.1) is 11.3 Å². The third-order valence-electron chi connectivity index (χ3n) is 2.85. The topological polar surface area (TPSA) is 63.3 Å². The van der Waals surface area contributed by atoms with Crippen molar-refractivity contribution in [1.82, 2.24) is 4.98 Å². The minimum atomic E-state index is 0.492. The van der Waals surface area contributed by atoms with Crippen molar-refractivity contribution in [3.8, 4) is 0 Å². The van der Waals surface area contributed by atoms with E-state index in [1.165, 1.54) is 11.3 Å². The molecule has 116 valence electrons. The highest BCUT2D eigenvalue weighted by atomic mass is 35.5. The maximum absolute atomic E-state index is 5.92. The van der Waals surface area contributed by atoms with E-state index >= 15 is 0 Å². The van der Waals surface area contributed by atoms with Crippen molar-refractivity contribution >= 4 is 51.9 Å². The molecule has 3 aromatic rings. The van der Waals surface area contributed by atoms with Gasteiger partial charge in [0.15, 0.2) is 0 Å².